The number of hydrogen-bond acceptors (Lipinski definition) is 7. The topological polar surface area (TPSA) is 102 Å². The molecular formula is C12H14O7. The standard InChI is InChI=1S/C12H14O7/c1-17-9-5-8(13)6(10(14)12(16)19-3)4-7(9)11(15)18-2/h4-5,10,13-14H,1-3H3. The van der Waals surface area contributed by atoms with Gasteiger partial charge in [-0.1, -0.05) is 0 Å². The van der Waals surface area contributed by atoms with Crippen LogP contribution in [-0.2, 0) is 14.3 Å². The number of phenolic OH excluding ortho intramolecular Hbond substituents is 1. The minimum atomic E-state index is -1.71. The first kappa shape index (κ1) is 14.8. The van der Waals surface area contributed by atoms with Gasteiger partial charge in [0.05, 0.1) is 21.3 Å². The van der Waals surface area contributed by atoms with Crippen molar-refractivity contribution in [2.75, 3.05) is 21.3 Å². The average Bonchev–Trinajstić information content (AvgIpc) is 2.44. The second-order valence-electron chi connectivity index (χ2n) is 3.53. The van der Waals surface area contributed by atoms with Crippen molar-refractivity contribution in [3.8, 4) is 11.5 Å². The Labute approximate surface area is 109 Å². The van der Waals surface area contributed by atoms with Crippen molar-refractivity contribution in [2.24, 2.45) is 0 Å². The Balaban J connectivity index is 3.34. The van der Waals surface area contributed by atoms with Gasteiger partial charge in [-0.15, -0.1) is 0 Å². The molecule has 0 saturated carbocycles. The molecule has 1 aromatic rings. The zero-order valence-corrected chi connectivity index (χ0v) is 10.7. The number of benzene rings is 1. The Hall–Kier alpha value is -2.28. The Morgan fingerprint density at radius 1 is 1.16 bits per heavy atom. The minimum absolute atomic E-state index is 0.0271. The summed E-state index contributed by atoms with van der Waals surface area (Å²) >= 11 is 0. The van der Waals surface area contributed by atoms with Crippen LogP contribution < -0.4 is 4.74 Å². The highest BCUT2D eigenvalue weighted by Crippen LogP contribution is 2.33. The molecule has 0 spiro atoms. The predicted octanol–water partition coefficient (Wildman–Crippen LogP) is 0.394. The second kappa shape index (κ2) is 6.05. The van der Waals surface area contributed by atoms with E-state index in [1.165, 1.54) is 14.2 Å². The van der Waals surface area contributed by atoms with Gasteiger partial charge in [-0.2, -0.15) is 0 Å². The van der Waals surface area contributed by atoms with Gasteiger partial charge in [0.25, 0.3) is 0 Å². The predicted molar refractivity (Wildman–Crippen MR) is 63.0 cm³/mol. The molecule has 7 nitrogen and oxygen atoms in total. The number of esters is 2. The molecule has 19 heavy (non-hydrogen) atoms. The van der Waals surface area contributed by atoms with E-state index in [0.29, 0.717) is 0 Å². The zero-order chi connectivity index (χ0) is 14.6. The number of aliphatic hydroxyl groups is 1. The summed E-state index contributed by atoms with van der Waals surface area (Å²) in [6.45, 7) is 0. The molecule has 7 heteroatoms. The Kier molecular flexibility index (Phi) is 4.71. The second-order valence-corrected chi connectivity index (χ2v) is 3.53. The maximum atomic E-state index is 11.5. The third kappa shape index (κ3) is 2.94. The van der Waals surface area contributed by atoms with Gasteiger partial charge in [0.15, 0.2) is 6.10 Å². The molecule has 0 aromatic heterocycles. The maximum Gasteiger partial charge on any atom is 0.341 e. The lowest BCUT2D eigenvalue weighted by Gasteiger charge is -2.14. The Morgan fingerprint density at radius 2 is 1.79 bits per heavy atom. The first-order valence-electron chi connectivity index (χ1n) is 5.21. The number of phenols is 1. The van der Waals surface area contributed by atoms with Crippen molar-refractivity contribution in [3.63, 3.8) is 0 Å². The highest BCUT2D eigenvalue weighted by atomic mass is 16.5. The average molecular weight is 270 g/mol. The summed E-state index contributed by atoms with van der Waals surface area (Å²) < 4.78 is 13.8. The summed E-state index contributed by atoms with van der Waals surface area (Å²) in [5.41, 5.74) is -0.200. The van der Waals surface area contributed by atoms with E-state index in [-0.39, 0.29) is 16.9 Å². The molecule has 104 valence electrons. The smallest absolute Gasteiger partial charge is 0.341 e. The largest absolute Gasteiger partial charge is 0.507 e. The number of ether oxygens (including phenoxy) is 3. The molecule has 1 rings (SSSR count). The molecule has 0 aliphatic carbocycles. The monoisotopic (exact) mass is 270 g/mol. The number of aromatic hydroxyl groups is 1. The van der Waals surface area contributed by atoms with Crippen molar-refractivity contribution in [1.82, 2.24) is 0 Å². The van der Waals surface area contributed by atoms with Crippen LogP contribution in [0.3, 0.4) is 0 Å². The van der Waals surface area contributed by atoms with Gasteiger partial charge in [-0.3, -0.25) is 0 Å². The molecule has 2 N–H and O–H groups in total. The highest BCUT2D eigenvalue weighted by Gasteiger charge is 2.25. The van der Waals surface area contributed by atoms with E-state index in [9.17, 15) is 19.8 Å². The van der Waals surface area contributed by atoms with Crippen LogP contribution in [0.15, 0.2) is 12.1 Å². The fraction of sp³-hybridized carbons (Fsp3) is 0.333. The van der Waals surface area contributed by atoms with E-state index in [0.717, 1.165) is 19.2 Å². The number of methoxy groups -OCH3 is 3. The van der Waals surface area contributed by atoms with Crippen LogP contribution >= 0.6 is 0 Å². The molecule has 0 bridgehead atoms. The maximum absolute atomic E-state index is 11.5. The molecule has 0 aliphatic rings. The summed E-state index contributed by atoms with van der Waals surface area (Å²) in [5.74, 6) is -2.03. The van der Waals surface area contributed by atoms with Crippen molar-refractivity contribution >= 4 is 11.9 Å². The highest BCUT2D eigenvalue weighted by molar-refractivity contribution is 5.93. The van der Waals surface area contributed by atoms with E-state index in [1.807, 2.05) is 0 Å². The minimum Gasteiger partial charge on any atom is -0.507 e. The number of aliphatic hydroxyl groups excluding tert-OH is 1. The van der Waals surface area contributed by atoms with Crippen LogP contribution in [-0.4, -0.2) is 43.5 Å². The summed E-state index contributed by atoms with van der Waals surface area (Å²) in [4.78, 5) is 22.8. The summed E-state index contributed by atoms with van der Waals surface area (Å²) in [6, 6.07) is 2.22. The van der Waals surface area contributed by atoms with Crippen LogP contribution in [0.5, 0.6) is 11.5 Å². The number of carbonyl (C=O) groups excluding carboxylic acids is 2. The summed E-state index contributed by atoms with van der Waals surface area (Å²) in [6.07, 6.45) is -1.71. The first-order valence-corrected chi connectivity index (χ1v) is 5.21. The third-order valence-corrected chi connectivity index (χ3v) is 2.47. The van der Waals surface area contributed by atoms with Crippen LogP contribution in [0, 0.1) is 0 Å². The van der Waals surface area contributed by atoms with E-state index < -0.39 is 23.8 Å². The van der Waals surface area contributed by atoms with Gasteiger partial charge in [-0.25, -0.2) is 9.59 Å². The van der Waals surface area contributed by atoms with E-state index >= 15 is 0 Å². The Bertz CT molecular complexity index is 495. The van der Waals surface area contributed by atoms with Gasteiger partial charge in [0.2, 0.25) is 0 Å². The Morgan fingerprint density at radius 3 is 2.26 bits per heavy atom. The lowest BCUT2D eigenvalue weighted by atomic mass is 10.0. The fourth-order valence-corrected chi connectivity index (χ4v) is 1.48. The molecule has 1 aromatic carbocycles. The van der Waals surface area contributed by atoms with Crippen LogP contribution in [0.25, 0.3) is 0 Å². The fourth-order valence-electron chi connectivity index (χ4n) is 1.48. The zero-order valence-electron chi connectivity index (χ0n) is 10.7. The van der Waals surface area contributed by atoms with Gasteiger partial charge in [-0.05, 0) is 6.07 Å². The molecule has 0 heterocycles. The van der Waals surface area contributed by atoms with Gasteiger partial charge < -0.3 is 24.4 Å². The summed E-state index contributed by atoms with van der Waals surface area (Å²) in [7, 11) is 3.57. The van der Waals surface area contributed by atoms with Gasteiger partial charge in [0, 0.05) is 11.6 Å². The molecule has 0 fully saturated rings. The molecular weight excluding hydrogens is 256 g/mol. The van der Waals surface area contributed by atoms with Crippen molar-refractivity contribution in [1.29, 1.82) is 0 Å². The summed E-state index contributed by atoms with van der Waals surface area (Å²) in [5, 5.41) is 19.4. The van der Waals surface area contributed by atoms with Crippen molar-refractivity contribution in [3.05, 3.63) is 23.3 Å². The van der Waals surface area contributed by atoms with Gasteiger partial charge >= 0.3 is 11.9 Å². The molecule has 1 atom stereocenters. The molecule has 0 radical (unpaired) electrons. The van der Waals surface area contributed by atoms with Crippen LogP contribution in [0.1, 0.15) is 22.0 Å². The lowest BCUT2D eigenvalue weighted by Crippen LogP contribution is -2.15. The number of rotatable bonds is 4. The quantitative estimate of drug-likeness (QED) is 0.763. The van der Waals surface area contributed by atoms with Gasteiger partial charge in [0.1, 0.15) is 17.1 Å². The third-order valence-electron chi connectivity index (χ3n) is 2.47. The van der Waals surface area contributed by atoms with Crippen LogP contribution in [0.4, 0.5) is 0 Å². The van der Waals surface area contributed by atoms with Crippen LogP contribution in [0.2, 0.25) is 0 Å². The first-order chi connectivity index (χ1) is 8.96. The number of hydrogen-bond donors (Lipinski definition) is 2. The van der Waals surface area contributed by atoms with E-state index in [2.05, 4.69) is 9.47 Å². The molecule has 1 unspecified atom stereocenters. The van der Waals surface area contributed by atoms with Crippen molar-refractivity contribution in [2.45, 2.75) is 6.10 Å². The SMILES string of the molecule is COC(=O)c1cc(C(O)C(=O)OC)c(O)cc1OC. The molecule has 0 saturated heterocycles. The normalized spacial score (nSPS) is 11.6. The van der Waals surface area contributed by atoms with E-state index in [1.54, 1.807) is 0 Å². The number of carbonyl (C=O) groups is 2. The molecule has 0 aliphatic heterocycles. The van der Waals surface area contributed by atoms with E-state index in [4.69, 9.17) is 4.74 Å². The lowest BCUT2D eigenvalue weighted by molar-refractivity contribution is -0.150. The van der Waals surface area contributed by atoms with Crippen molar-refractivity contribution < 1.29 is 34.0 Å². The molecule has 0 amide bonds.